The lowest BCUT2D eigenvalue weighted by molar-refractivity contribution is 0.0774. The zero-order valence-corrected chi connectivity index (χ0v) is 12.5. The molecule has 0 radical (unpaired) electrons. The molecule has 1 saturated heterocycles. The second-order valence-corrected chi connectivity index (χ2v) is 6.20. The topological polar surface area (TPSA) is 61.6 Å². The molecule has 110 valence electrons. The highest BCUT2D eigenvalue weighted by Crippen LogP contribution is 2.17. The first-order chi connectivity index (χ1) is 9.36. The summed E-state index contributed by atoms with van der Waals surface area (Å²) < 4.78 is 0. The summed E-state index contributed by atoms with van der Waals surface area (Å²) in [6.45, 7) is 9.94. The van der Waals surface area contributed by atoms with Crippen molar-refractivity contribution >= 4 is 17.4 Å². The number of nitrogen functional groups attached to an aromatic ring is 1. The molecule has 0 aliphatic carbocycles. The molecule has 1 aliphatic heterocycles. The third-order valence-electron chi connectivity index (χ3n) is 3.65. The zero-order chi connectivity index (χ0) is 14.8. The number of amides is 2. The van der Waals surface area contributed by atoms with Gasteiger partial charge in [-0.3, -0.25) is 4.90 Å². The van der Waals surface area contributed by atoms with Gasteiger partial charge in [0.1, 0.15) is 0 Å². The first-order valence-corrected chi connectivity index (χ1v) is 7.03. The van der Waals surface area contributed by atoms with E-state index in [2.05, 4.69) is 31.0 Å². The first-order valence-electron chi connectivity index (χ1n) is 7.03. The Kier molecular flexibility index (Phi) is 4.18. The van der Waals surface area contributed by atoms with Crippen molar-refractivity contribution < 1.29 is 4.79 Å². The Morgan fingerprint density at radius 2 is 1.85 bits per heavy atom. The molecule has 5 nitrogen and oxygen atoms in total. The van der Waals surface area contributed by atoms with Gasteiger partial charge in [-0.25, -0.2) is 4.79 Å². The van der Waals surface area contributed by atoms with Gasteiger partial charge in [-0.15, -0.1) is 0 Å². The van der Waals surface area contributed by atoms with Crippen LogP contribution in [0, 0.1) is 0 Å². The van der Waals surface area contributed by atoms with Crippen LogP contribution in [0.15, 0.2) is 24.3 Å². The minimum absolute atomic E-state index is 0.0517. The van der Waals surface area contributed by atoms with Crippen molar-refractivity contribution in [1.82, 2.24) is 9.80 Å². The number of benzene rings is 1. The Balaban J connectivity index is 1.89. The van der Waals surface area contributed by atoms with Crippen molar-refractivity contribution in [2.24, 2.45) is 0 Å². The number of nitrogens with one attached hydrogen (secondary N) is 1. The second kappa shape index (κ2) is 5.71. The van der Waals surface area contributed by atoms with Crippen LogP contribution in [0.25, 0.3) is 0 Å². The summed E-state index contributed by atoms with van der Waals surface area (Å²) >= 11 is 0. The van der Waals surface area contributed by atoms with Crippen molar-refractivity contribution in [2.45, 2.75) is 26.3 Å². The SMILES string of the molecule is CC(C)(C)N1CCN(C(=O)Nc2cccc(N)c2)CC1. The van der Waals surface area contributed by atoms with Crippen molar-refractivity contribution in [3.8, 4) is 0 Å². The van der Waals surface area contributed by atoms with Crippen LogP contribution >= 0.6 is 0 Å². The number of anilines is 2. The third kappa shape index (κ3) is 3.63. The van der Waals surface area contributed by atoms with Crippen LogP contribution in [0.3, 0.4) is 0 Å². The van der Waals surface area contributed by atoms with Gasteiger partial charge in [0, 0.05) is 43.1 Å². The van der Waals surface area contributed by atoms with Crippen molar-refractivity contribution in [1.29, 1.82) is 0 Å². The molecular formula is C15H24N4O. The summed E-state index contributed by atoms with van der Waals surface area (Å²) in [5.41, 5.74) is 7.27. The van der Waals surface area contributed by atoms with E-state index in [0.29, 0.717) is 5.69 Å². The standard InChI is InChI=1S/C15H24N4O/c1-15(2,3)19-9-7-18(8-10-19)14(20)17-13-6-4-5-12(16)11-13/h4-6,11H,7-10,16H2,1-3H3,(H,17,20). The largest absolute Gasteiger partial charge is 0.399 e. The molecule has 2 amide bonds. The summed E-state index contributed by atoms with van der Waals surface area (Å²) in [4.78, 5) is 16.4. The van der Waals surface area contributed by atoms with Crippen molar-refractivity contribution in [3.63, 3.8) is 0 Å². The number of piperazine rings is 1. The highest BCUT2D eigenvalue weighted by molar-refractivity contribution is 5.89. The van der Waals surface area contributed by atoms with Gasteiger partial charge in [-0.2, -0.15) is 0 Å². The number of hydrogen-bond acceptors (Lipinski definition) is 3. The molecule has 1 fully saturated rings. The van der Waals surface area contributed by atoms with Gasteiger partial charge in [-0.1, -0.05) is 6.07 Å². The molecule has 0 saturated carbocycles. The fourth-order valence-electron chi connectivity index (χ4n) is 2.40. The van der Waals surface area contributed by atoms with Crippen LogP contribution in [0.5, 0.6) is 0 Å². The average molecular weight is 276 g/mol. The fraction of sp³-hybridized carbons (Fsp3) is 0.533. The predicted octanol–water partition coefficient (Wildman–Crippen LogP) is 2.22. The summed E-state index contributed by atoms with van der Waals surface area (Å²) in [7, 11) is 0. The Morgan fingerprint density at radius 3 is 2.40 bits per heavy atom. The molecule has 0 bridgehead atoms. The van der Waals surface area contributed by atoms with Gasteiger partial charge in [0.05, 0.1) is 0 Å². The maximum atomic E-state index is 12.2. The lowest BCUT2D eigenvalue weighted by Crippen LogP contribution is -2.55. The van der Waals surface area contributed by atoms with Crippen LogP contribution in [0.2, 0.25) is 0 Å². The number of nitrogens with zero attached hydrogens (tertiary/aromatic N) is 2. The van der Waals surface area contributed by atoms with E-state index in [0.717, 1.165) is 31.9 Å². The zero-order valence-electron chi connectivity index (χ0n) is 12.5. The molecule has 20 heavy (non-hydrogen) atoms. The molecule has 1 aromatic rings. The Bertz CT molecular complexity index is 473. The Morgan fingerprint density at radius 1 is 1.20 bits per heavy atom. The maximum absolute atomic E-state index is 12.2. The van der Waals surface area contributed by atoms with E-state index >= 15 is 0 Å². The maximum Gasteiger partial charge on any atom is 0.321 e. The number of carbonyl (C=O) groups is 1. The molecule has 1 heterocycles. The van der Waals surface area contributed by atoms with Crippen molar-refractivity contribution in [2.75, 3.05) is 37.2 Å². The summed E-state index contributed by atoms with van der Waals surface area (Å²) in [5, 5.41) is 2.89. The van der Waals surface area contributed by atoms with Gasteiger partial charge in [0.15, 0.2) is 0 Å². The van der Waals surface area contributed by atoms with E-state index in [1.165, 1.54) is 0 Å². The minimum atomic E-state index is -0.0517. The number of urea groups is 1. The fourth-order valence-corrected chi connectivity index (χ4v) is 2.40. The van der Waals surface area contributed by atoms with E-state index < -0.39 is 0 Å². The number of rotatable bonds is 1. The monoisotopic (exact) mass is 276 g/mol. The summed E-state index contributed by atoms with van der Waals surface area (Å²) in [6, 6.07) is 7.20. The molecule has 1 aliphatic rings. The highest BCUT2D eigenvalue weighted by Gasteiger charge is 2.27. The normalized spacial score (nSPS) is 17.1. The molecule has 0 atom stereocenters. The van der Waals surface area contributed by atoms with E-state index in [1.807, 2.05) is 17.0 Å². The van der Waals surface area contributed by atoms with Crippen LogP contribution < -0.4 is 11.1 Å². The number of carbonyl (C=O) groups excluding carboxylic acids is 1. The van der Waals surface area contributed by atoms with Gasteiger partial charge in [0.25, 0.3) is 0 Å². The van der Waals surface area contributed by atoms with Crippen LogP contribution in [0.1, 0.15) is 20.8 Å². The van der Waals surface area contributed by atoms with E-state index in [9.17, 15) is 4.79 Å². The second-order valence-electron chi connectivity index (χ2n) is 6.20. The number of hydrogen-bond donors (Lipinski definition) is 2. The summed E-state index contributed by atoms with van der Waals surface area (Å²) in [6.07, 6.45) is 0. The van der Waals surface area contributed by atoms with Gasteiger partial charge in [-0.05, 0) is 39.0 Å². The molecule has 0 spiro atoms. The van der Waals surface area contributed by atoms with E-state index in [-0.39, 0.29) is 11.6 Å². The van der Waals surface area contributed by atoms with E-state index in [1.54, 1.807) is 12.1 Å². The smallest absolute Gasteiger partial charge is 0.321 e. The minimum Gasteiger partial charge on any atom is -0.399 e. The lowest BCUT2D eigenvalue weighted by atomic mass is 10.1. The Labute approximate surface area is 120 Å². The van der Waals surface area contributed by atoms with Gasteiger partial charge >= 0.3 is 6.03 Å². The predicted molar refractivity (Wildman–Crippen MR) is 82.8 cm³/mol. The van der Waals surface area contributed by atoms with Crippen molar-refractivity contribution in [3.05, 3.63) is 24.3 Å². The lowest BCUT2D eigenvalue weighted by Gasteiger charge is -2.42. The number of nitrogens with two attached hydrogens (primary N) is 1. The van der Waals surface area contributed by atoms with Gasteiger partial charge < -0.3 is 16.0 Å². The van der Waals surface area contributed by atoms with Crippen LogP contribution in [0.4, 0.5) is 16.2 Å². The Hall–Kier alpha value is -1.75. The van der Waals surface area contributed by atoms with Gasteiger partial charge in [0.2, 0.25) is 0 Å². The molecule has 1 aromatic carbocycles. The summed E-state index contributed by atoms with van der Waals surface area (Å²) in [5.74, 6) is 0. The van der Waals surface area contributed by atoms with E-state index in [4.69, 9.17) is 5.73 Å². The van der Waals surface area contributed by atoms with Crippen LogP contribution in [-0.4, -0.2) is 47.5 Å². The molecule has 2 rings (SSSR count). The third-order valence-corrected chi connectivity index (χ3v) is 3.65. The molecular weight excluding hydrogens is 252 g/mol. The quantitative estimate of drug-likeness (QED) is 0.773. The molecule has 5 heteroatoms. The molecule has 0 unspecified atom stereocenters. The average Bonchev–Trinajstić information content (AvgIpc) is 2.38. The molecule has 0 aromatic heterocycles. The first kappa shape index (κ1) is 14.7. The molecule has 3 N–H and O–H groups in total. The van der Waals surface area contributed by atoms with Crippen LogP contribution in [-0.2, 0) is 0 Å². The highest BCUT2D eigenvalue weighted by atomic mass is 16.2.